The van der Waals surface area contributed by atoms with Gasteiger partial charge < -0.3 is 28.9 Å². The zero-order valence-electron chi connectivity index (χ0n) is 19.6. The molecule has 3 aliphatic rings. The molecule has 3 saturated heterocycles. The molecule has 3 fully saturated rings. The van der Waals surface area contributed by atoms with Crippen LogP contribution in [0.15, 0.2) is 12.1 Å². The molecule has 3 aliphatic heterocycles. The molecule has 0 spiro atoms. The Hall–Kier alpha value is -2.81. The van der Waals surface area contributed by atoms with Crippen LogP contribution in [-0.4, -0.2) is 87.0 Å². The number of fused-ring (bicyclic) bond motifs is 1. The number of hydrogen-bond acceptors (Lipinski definition) is 8. The van der Waals surface area contributed by atoms with Crippen molar-refractivity contribution in [2.45, 2.75) is 38.2 Å². The molecule has 0 aliphatic carbocycles. The monoisotopic (exact) mass is 455 g/mol. The van der Waals surface area contributed by atoms with Crippen molar-refractivity contribution in [1.29, 1.82) is 0 Å². The van der Waals surface area contributed by atoms with E-state index in [0.717, 1.165) is 55.5 Å². The standard InChI is InChI=1S/C24H33N5O4/c1-31-20-15-17-18(16-21(20)32-2)25-24(26-22(17)27-8-4-3-5-9-27)29-12-10-28(11-13-29)23(30)19-7-6-14-33-19/h15-16,19H,3-14H2,1-2H3. The first-order chi connectivity index (χ1) is 16.2. The molecule has 5 rings (SSSR count). The van der Waals surface area contributed by atoms with E-state index in [9.17, 15) is 4.79 Å². The van der Waals surface area contributed by atoms with Gasteiger partial charge in [0.25, 0.3) is 5.91 Å². The summed E-state index contributed by atoms with van der Waals surface area (Å²) in [5, 5.41) is 0.977. The summed E-state index contributed by atoms with van der Waals surface area (Å²) in [6.45, 7) is 5.39. The minimum absolute atomic E-state index is 0.123. The quantitative estimate of drug-likeness (QED) is 0.680. The van der Waals surface area contributed by atoms with Crippen molar-refractivity contribution in [1.82, 2.24) is 14.9 Å². The van der Waals surface area contributed by atoms with Crippen LogP contribution in [0.3, 0.4) is 0 Å². The Bertz CT molecular complexity index is 996. The SMILES string of the molecule is COc1cc2nc(N3CCN(C(=O)C4CCCO4)CC3)nc(N3CCCCC3)c2cc1OC. The third kappa shape index (κ3) is 4.38. The van der Waals surface area contributed by atoms with Crippen LogP contribution in [0.25, 0.3) is 10.9 Å². The first kappa shape index (κ1) is 22.0. The van der Waals surface area contributed by atoms with Gasteiger partial charge >= 0.3 is 0 Å². The molecule has 2 aromatic rings. The summed E-state index contributed by atoms with van der Waals surface area (Å²) in [5.41, 5.74) is 0.844. The minimum Gasteiger partial charge on any atom is -0.493 e. The first-order valence-corrected chi connectivity index (χ1v) is 12.0. The summed E-state index contributed by atoms with van der Waals surface area (Å²) in [4.78, 5) is 29.1. The van der Waals surface area contributed by atoms with Gasteiger partial charge in [-0.15, -0.1) is 0 Å². The Morgan fingerprint density at radius 2 is 1.64 bits per heavy atom. The Morgan fingerprint density at radius 3 is 2.30 bits per heavy atom. The fourth-order valence-electron chi connectivity index (χ4n) is 5.02. The normalized spacial score (nSPS) is 21.5. The van der Waals surface area contributed by atoms with Gasteiger partial charge in [0.15, 0.2) is 11.5 Å². The molecular weight excluding hydrogens is 422 g/mol. The number of benzene rings is 1. The lowest BCUT2D eigenvalue weighted by Crippen LogP contribution is -2.51. The largest absolute Gasteiger partial charge is 0.493 e. The van der Waals surface area contributed by atoms with Crippen molar-refractivity contribution >= 4 is 28.6 Å². The fraction of sp³-hybridized carbons (Fsp3) is 0.625. The predicted molar refractivity (Wildman–Crippen MR) is 126 cm³/mol. The molecule has 1 aromatic heterocycles. The molecule has 0 bridgehead atoms. The number of aromatic nitrogens is 2. The first-order valence-electron chi connectivity index (χ1n) is 12.0. The molecule has 4 heterocycles. The number of anilines is 2. The number of ether oxygens (including phenoxy) is 3. The van der Waals surface area contributed by atoms with E-state index in [4.69, 9.17) is 24.2 Å². The van der Waals surface area contributed by atoms with E-state index >= 15 is 0 Å². The van der Waals surface area contributed by atoms with Crippen LogP contribution in [0.1, 0.15) is 32.1 Å². The lowest BCUT2D eigenvalue weighted by atomic mass is 10.1. The number of carbonyl (C=O) groups is 1. The molecular formula is C24H33N5O4. The summed E-state index contributed by atoms with van der Waals surface area (Å²) >= 11 is 0. The van der Waals surface area contributed by atoms with Gasteiger partial charge in [-0.25, -0.2) is 4.98 Å². The highest BCUT2D eigenvalue weighted by molar-refractivity contribution is 5.93. The zero-order valence-corrected chi connectivity index (χ0v) is 19.6. The minimum atomic E-state index is -0.262. The predicted octanol–water partition coefficient (Wildman–Crippen LogP) is 2.46. The van der Waals surface area contributed by atoms with Gasteiger partial charge in [-0.05, 0) is 38.2 Å². The Balaban J connectivity index is 1.43. The highest BCUT2D eigenvalue weighted by atomic mass is 16.5. The number of piperazine rings is 1. The number of hydrogen-bond donors (Lipinski definition) is 0. The molecule has 0 saturated carbocycles. The van der Waals surface area contributed by atoms with Gasteiger partial charge in [0.2, 0.25) is 5.95 Å². The van der Waals surface area contributed by atoms with Gasteiger partial charge in [0, 0.05) is 57.3 Å². The molecule has 1 atom stereocenters. The number of methoxy groups -OCH3 is 2. The second kappa shape index (κ2) is 9.59. The zero-order chi connectivity index (χ0) is 22.8. The van der Waals surface area contributed by atoms with Crippen molar-refractivity contribution in [3.63, 3.8) is 0 Å². The summed E-state index contributed by atoms with van der Waals surface area (Å²) < 4.78 is 16.7. The number of nitrogens with zero attached hydrogens (tertiary/aromatic N) is 5. The number of amides is 1. The van der Waals surface area contributed by atoms with Crippen LogP contribution in [0.5, 0.6) is 11.5 Å². The molecule has 0 N–H and O–H groups in total. The highest BCUT2D eigenvalue weighted by Gasteiger charge is 2.31. The number of carbonyl (C=O) groups excluding carboxylic acids is 1. The molecule has 178 valence electrons. The smallest absolute Gasteiger partial charge is 0.251 e. The maximum Gasteiger partial charge on any atom is 0.251 e. The van der Waals surface area contributed by atoms with Gasteiger partial charge in [0.05, 0.1) is 19.7 Å². The molecule has 9 heteroatoms. The highest BCUT2D eigenvalue weighted by Crippen LogP contribution is 2.37. The van der Waals surface area contributed by atoms with Gasteiger partial charge in [0.1, 0.15) is 11.9 Å². The topological polar surface area (TPSA) is 80.3 Å². The van der Waals surface area contributed by atoms with Crippen LogP contribution in [0, 0.1) is 0 Å². The van der Waals surface area contributed by atoms with E-state index in [2.05, 4.69) is 9.80 Å². The number of rotatable bonds is 5. The fourth-order valence-corrected chi connectivity index (χ4v) is 5.02. The van der Waals surface area contributed by atoms with E-state index in [1.807, 2.05) is 17.0 Å². The van der Waals surface area contributed by atoms with Crippen LogP contribution in [0.4, 0.5) is 11.8 Å². The second-order valence-electron chi connectivity index (χ2n) is 8.93. The summed E-state index contributed by atoms with van der Waals surface area (Å²) in [7, 11) is 3.29. The average Bonchev–Trinajstić information content (AvgIpc) is 3.42. The van der Waals surface area contributed by atoms with Gasteiger partial charge in [-0.1, -0.05) is 0 Å². The van der Waals surface area contributed by atoms with E-state index in [1.54, 1.807) is 14.2 Å². The molecule has 1 aromatic carbocycles. The molecule has 1 unspecified atom stereocenters. The van der Waals surface area contributed by atoms with Crippen LogP contribution in [-0.2, 0) is 9.53 Å². The average molecular weight is 456 g/mol. The van der Waals surface area contributed by atoms with E-state index in [0.29, 0.717) is 50.2 Å². The van der Waals surface area contributed by atoms with Crippen molar-refractivity contribution in [2.75, 3.05) is 69.9 Å². The van der Waals surface area contributed by atoms with E-state index in [-0.39, 0.29) is 12.0 Å². The van der Waals surface area contributed by atoms with E-state index in [1.165, 1.54) is 6.42 Å². The van der Waals surface area contributed by atoms with Gasteiger partial charge in [-0.3, -0.25) is 4.79 Å². The maximum absolute atomic E-state index is 12.7. The van der Waals surface area contributed by atoms with Crippen molar-refractivity contribution < 1.29 is 19.0 Å². The molecule has 33 heavy (non-hydrogen) atoms. The Labute approximate surface area is 194 Å². The third-order valence-corrected chi connectivity index (χ3v) is 6.90. The lowest BCUT2D eigenvalue weighted by Gasteiger charge is -2.36. The Kier molecular flexibility index (Phi) is 6.39. The molecule has 0 radical (unpaired) electrons. The van der Waals surface area contributed by atoms with Crippen molar-refractivity contribution in [3.8, 4) is 11.5 Å². The second-order valence-corrected chi connectivity index (χ2v) is 8.93. The molecule has 1 amide bonds. The van der Waals surface area contributed by atoms with Crippen LogP contribution >= 0.6 is 0 Å². The lowest BCUT2D eigenvalue weighted by molar-refractivity contribution is -0.141. The number of piperidine rings is 1. The molecule has 9 nitrogen and oxygen atoms in total. The maximum atomic E-state index is 12.7. The Morgan fingerprint density at radius 1 is 0.909 bits per heavy atom. The summed E-state index contributed by atoms with van der Waals surface area (Å²) in [6, 6.07) is 3.92. The summed E-state index contributed by atoms with van der Waals surface area (Å²) in [5.74, 6) is 3.12. The van der Waals surface area contributed by atoms with Crippen LogP contribution in [0.2, 0.25) is 0 Å². The summed E-state index contributed by atoms with van der Waals surface area (Å²) in [6.07, 6.45) is 5.12. The van der Waals surface area contributed by atoms with Crippen molar-refractivity contribution in [2.24, 2.45) is 0 Å². The van der Waals surface area contributed by atoms with E-state index < -0.39 is 0 Å². The van der Waals surface area contributed by atoms with Crippen LogP contribution < -0.4 is 19.3 Å². The van der Waals surface area contributed by atoms with Gasteiger partial charge in [-0.2, -0.15) is 4.98 Å². The third-order valence-electron chi connectivity index (χ3n) is 6.90. The van der Waals surface area contributed by atoms with Crippen molar-refractivity contribution in [3.05, 3.63) is 12.1 Å².